The largest absolute Gasteiger partial charge is 0.462 e. The Morgan fingerprint density at radius 2 is 2.00 bits per heavy atom. The molecule has 0 saturated heterocycles. The summed E-state index contributed by atoms with van der Waals surface area (Å²) >= 11 is 6.48. The van der Waals surface area contributed by atoms with Gasteiger partial charge in [-0.15, -0.1) is 0 Å². The molecule has 0 aliphatic rings. The number of aromatic nitrogens is 4. The molecule has 0 spiro atoms. The minimum Gasteiger partial charge on any atom is -0.462 e. The first-order chi connectivity index (χ1) is 15.4. The van der Waals surface area contributed by atoms with Crippen molar-refractivity contribution in [1.29, 1.82) is 0 Å². The maximum Gasteiger partial charge on any atom is 0.341 e. The summed E-state index contributed by atoms with van der Waals surface area (Å²) in [6, 6.07) is 9.47. The number of ether oxygens (including phenoxy) is 1. The van der Waals surface area contributed by atoms with Crippen molar-refractivity contribution in [3.63, 3.8) is 0 Å². The number of carbonyl (C=O) groups is 1. The highest BCUT2D eigenvalue weighted by atomic mass is 35.5. The molecule has 0 fully saturated rings. The zero-order valence-electron chi connectivity index (χ0n) is 17.9. The van der Waals surface area contributed by atoms with Gasteiger partial charge < -0.3 is 10.1 Å². The SMILES string of the molecule is CCOC(=O)c1cnn(-c2nc3cc(Cl)c(NCc4c(C)cccc4C)cc3c(=O)[nH]2)c1. The van der Waals surface area contributed by atoms with Crippen LogP contribution in [0.1, 0.15) is 34.0 Å². The molecule has 0 unspecified atom stereocenters. The van der Waals surface area contributed by atoms with Gasteiger partial charge in [-0.1, -0.05) is 29.8 Å². The van der Waals surface area contributed by atoms with Crippen molar-refractivity contribution in [3.8, 4) is 5.95 Å². The Kier molecular flexibility index (Phi) is 5.96. The van der Waals surface area contributed by atoms with Gasteiger partial charge in [0.1, 0.15) is 0 Å². The van der Waals surface area contributed by atoms with Gasteiger partial charge in [-0.3, -0.25) is 9.78 Å². The van der Waals surface area contributed by atoms with E-state index in [1.54, 1.807) is 19.1 Å². The molecule has 32 heavy (non-hydrogen) atoms. The van der Waals surface area contributed by atoms with E-state index in [9.17, 15) is 9.59 Å². The molecular formula is C23H22ClN5O3. The molecule has 2 aromatic carbocycles. The van der Waals surface area contributed by atoms with Crippen LogP contribution >= 0.6 is 11.6 Å². The summed E-state index contributed by atoms with van der Waals surface area (Å²) < 4.78 is 6.27. The van der Waals surface area contributed by atoms with E-state index in [1.165, 1.54) is 33.8 Å². The number of anilines is 1. The second kappa shape index (κ2) is 8.84. The Balaban J connectivity index is 1.65. The smallest absolute Gasteiger partial charge is 0.341 e. The number of nitrogens with zero attached hydrogens (tertiary/aromatic N) is 3. The van der Waals surface area contributed by atoms with E-state index in [1.807, 2.05) is 6.07 Å². The standard InChI is InChI=1S/C23H22ClN5O3/c1-4-32-22(31)15-10-26-29(12-15)23-27-19-9-18(24)20(8-16(19)21(30)28-23)25-11-17-13(2)6-5-7-14(17)3/h5-10,12,25H,4,11H2,1-3H3,(H,27,28,30). The first-order valence-corrected chi connectivity index (χ1v) is 10.5. The van der Waals surface area contributed by atoms with Crippen LogP contribution in [-0.2, 0) is 11.3 Å². The lowest BCUT2D eigenvalue weighted by Gasteiger charge is -2.13. The van der Waals surface area contributed by atoms with E-state index >= 15 is 0 Å². The zero-order valence-corrected chi connectivity index (χ0v) is 18.7. The van der Waals surface area contributed by atoms with Gasteiger partial charge in [0.25, 0.3) is 5.56 Å². The van der Waals surface area contributed by atoms with Gasteiger partial charge in [0.05, 0.1) is 40.0 Å². The van der Waals surface area contributed by atoms with Crippen LogP contribution in [-0.4, -0.2) is 32.3 Å². The molecule has 0 saturated carbocycles. The highest BCUT2D eigenvalue weighted by Crippen LogP contribution is 2.27. The van der Waals surface area contributed by atoms with Crippen LogP contribution in [0.3, 0.4) is 0 Å². The highest BCUT2D eigenvalue weighted by Gasteiger charge is 2.14. The number of rotatable bonds is 6. The summed E-state index contributed by atoms with van der Waals surface area (Å²) in [6.45, 7) is 6.68. The maximum absolute atomic E-state index is 12.8. The number of aryl methyl sites for hydroxylation is 2. The maximum atomic E-state index is 12.8. The van der Waals surface area contributed by atoms with E-state index in [2.05, 4.69) is 46.4 Å². The first kappa shape index (κ1) is 21.6. The minimum atomic E-state index is -0.496. The molecule has 2 aromatic heterocycles. The van der Waals surface area contributed by atoms with E-state index in [-0.39, 0.29) is 23.7 Å². The molecule has 0 amide bonds. The molecule has 0 radical (unpaired) electrons. The quantitative estimate of drug-likeness (QED) is 0.426. The lowest BCUT2D eigenvalue weighted by molar-refractivity contribution is 0.0526. The van der Waals surface area contributed by atoms with Gasteiger partial charge in [-0.2, -0.15) is 5.10 Å². The number of H-pyrrole nitrogens is 1. The summed E-state index contributed by atoms with van der Waals surface area (Å²) in [5.41, 5.74) is 4.52. The van der Waals surface area contributed by atoms with Gasteiger partial charge in [-0.25, -0.2) is 14.5 Å². The normalized spacial score (nSPS) is 11.0. The van der Waals surface area contributed by atoms with E-state index in [0.717, 1.165) is 0 Å². The number of halogens is 1. The van der Waals surface area contributed by atoms with E-state index in [0.29, 0.717) is 28.2 Å². The van der Waals surface area contributed by atoms with Gasteiger partial charge in [0.15, 0.2) is 0 Å². The third-order valence-corrected chi connectivity index (χ3v) is 5.51. The number of esters is 1. The Labute approximate surface area is 189 Å². The van der Waals surface area contributed by atoms with Crippen molar-refractivity contribution in [1.82, 2.24) is 19.7 Å². The number of nitrogens with one attached hydrogen (secondary N) is 2. The van der Waals surface area contributed by atoms with Crippen molar-refractivity contribution >= 4 is 34.2 Å². The lowest BCUT2D eigenvalue weighted by atomic mass is 10.0. The molecule has 2 N–H and O–H groups in total. The molecule has 4 rings (SSSR count). The summed E-state index contributed by atoms with van der Waals surface area (Å²) in [4.78, 5) is 31.8. The Morgan fingerprint density at radius 1 is 1.25 bits per heavy atom. The molecule has 0 aliphatic heterocycles. The average Bonchev–Trinajstić information content (AvgIpc) is 3.24. The lowest BCUT2D eigenvalue weighted by Crippen LogP contribution is -2.14. The number of benzene rings is 2. The van der Waals surface area contributed by atoms with Crippen LogP contribution in [0.4, 0.5) is 5.69 Å². The molecule has 164 valence electrons. The van der Waals surface area contributed by atoms with Crippen molar-refractivity contribution in [2.45, 2.75) is 27.3 Å². The molecule has 8 nitrogen and oxygen atoms in total. The fraction of sp³-hybridized carbons (Fsp3) is 0.217. The molecule has 0 bridgehead atoms. The number of carbonyl (C=O) groups excluding carboxylic acids is 1. The van der Waals surface area contributed by atoms with Gasteiger partial charge >= 0.3 is 5.97 Å². The summed E-state index contributed by atoms with van der Waals surface area (Å²) in [5, 5.41) is 8.25. The van der Waals surface area contributed by atoms with Crippen molar-refractivity contribution in [2.24, 2.45) is 0 Å². The number of fused-ring (bicyclic) bond motifs is 1. The van der Waals surface area contributed by atoms with E-state index < -0.39 is 5.97 Å². The number of hydrogen-bond donors (Lipinski definition) is 2. The average molecular weight is 452 g/mol. The molecule has 9 heteroatoms. The van der Waals surface area contributed by atoms with Gasteiger partial charge in [-0.05, 0) is 49.6 Å². The van der Waals surface area contributed by atoms with Crippen LogP contribution in [0.25, 0.3) is 16.9 Å². The first-order valence-electron chi connectivity index (χ1n) is 10.1. The molecule has 4 aromatic rings. The summed E-state index contributed by atoms with van der Waals surface area (Å²) in [7, 11) is 0. The Morgan fingerprint density at radius 3 is 2.72 bits per heavy atom. The Bertz CT molecular complexity index is 1360. The predicted octanol–water partition coefficient (Wildman–Crippen LogP) is 4.17. The number of hydrogen-bond acceptors (Lipinski definition) is 6. The van der Waals surface area contributed by atoms with Crippen LogP contribution in [0, 0.1) is 13.8 Å². The molecule has 0 atom stereocenters. The molecule has 2 heterocycles. The summed E-state index contributed by atoms with van der Waals surface area (Å²) in [5.74, 6) is -0.324. The highest BCUT2D eigenvalue weighted by molar-refractivity contribution is 6.34. The second-order valence-electron chi connectivity index (χ2n) is 7.36. The predicted molar refractivity (Wildman–Crippen MR) is 124 cm³/mol. The van der Waals surface area contributed by atoms with Crippen LogP contribution in [0.15, 0.2) is 47.5 Å². The van der Waals surface area contributed by atoms with Gasteiger partial charge in [0, 0.05) is 12.7 Å². The molecular weight excluding hydrogens is 430 g/mol. The van der Waals surface area contributed by atoms with E-state index in [4.69, 9.17) is 16.3 Å². The monoisotopic (exact) mass is 451 g/mol. The topological polar surface area (TPSA) is 102 Å². The van der Waals surface area contributed by atoms with Crippen LogP contribution in [0.2, 0.25) is 5.02 Å². The van der Waals surface area contributed by atoms with Crippen LogP contribution in [0.5, 0.6) is 0 Å². The fourth-order valence-corrected chi connectivity index (χ4v) is 3.69. The summed E-state index contributed by atoms with van der Waals surface area (Å²) in [6.07, 6.45) is 2.81. The second-order valence-corrected chi connectivity index (χ2v) is 7.76. The molecule has 0 aliphatic carbocycles. The van der Waals surface area contributed by atoms with Crippen molar-refractivity contribution in [2.75, 3.05) is 11.9 Å². The third-order valence-electron chi connectivity index (χ3n) is 5.19. The van der Waals surface area contributed by atoms with Crippen LogP contribution < -0.4 is 10.9 Å². The minimum absolute atomic E-state index is 0.172. The Hall–Kier alpha value is -3.65. The van der Waals surface area contributed by atoms with Crippen molar-refractivity contribution in [3.05, 3.63) is 80.4 Å². The zero-order chi connectivity index (χ0) is 22.8. The fourth-order valence-electron chi connectivity index (χ4n) is 3.46. The van der Waals surface area contributed by atoms with Gasteiger partial charge in [0.2, 0.25) is 5.95 Å². The third kappa shape index (κ3) is 4.22. The number of aromatic amines is 1. The van der Waals surface area contributed by atoms with Crippen molar-refractivity contribution < 1.29 is 9.53 Å².